The number of carbonyl (C=O) groups excluding carboxylic acids is 4. The van der Waals surface area contributed by atoms with E-state index < -0.39 is 0 Å². The minimum atomic E-state index is -0.338. The number of aromatic nitrogens is 20. The number of anilines is 7. The molecule has 12 aromatic rings. The molecule has 4 saturated heterocycles. The summed E-state index contributed by atoms with van der Waals surface area (Å²) in [5, 5.41) is 48.2. The Morgan fingerprint density at radius 3 is 0.900 bits per heavy atom. The molecule has 20 rings (SSSR count). The van der Waals surface area contributed by atoms with Crippen LogP contribution in [0.1, 0.15) is 172 Å². The van der Waals surface area contributed by atoms with Gasteiger partial charge >= 0.3 is 0 Å². The number of amides is 4. The lowest BCUT2D eigenvalue weighted by Gasteiger charge is -2.39. The molecule has 43 heteroatoms. The zero-order valence-electron chi connectivity index (χ0n) is 81.5. The van der Waals surface area contributed by atoms with Crippen molar-refractivity contribution in [1.29, 1.82) is 0 Å². The maximum absolute atomic E-state index is 13.3. The number of pyridine rings is 8. The van der Waals surface area contributed by atoms with Crippen molar-refractivity contribution in [3.63, 3.8) is 0 Å². The first kappa shape index (κ1) is 101. The number of hydrogen-bond donors (Lipinski definition) is 5. The van der Waals surface area contributed by atoms with Crippen LogP contribution in [-0.2, 0) is 0 Å². The number of piperazine rings is 4. The van der Waals surface area contributed by atoms with Crippen molar-refractivity contribution in [1.82, 2.24) is 124 Å². The van der Waals surface area contributed by atoms with Crippen LogP contribution in [0.2, 0.25) is 0 Å². The number of nitrogens with one attached hydrogen (secondary N) is 5. The summed E-state index contributed by atoms with van der Waals surface area (Å²) in [5.41, 5.74) is 6.96. The van der Waals surface area contributed by atoms with Gasteiger partial charge in [0.1, 0.15) is 93.6 Å². The molecule has 8 bridgehead atoms. The van der Waals surface area contributed by atoms with Gasteiger partial charge in [-0.05, 0) is 224 Å². The summed E-state index contributed by atoms with van der Waals surface area (Å²) in [4.78, 5) is 105. The second-order valence-corrected chi connectivity index (χ2v) is 37.4. The van der Waals surface area contributed by atoms with Crippen LogP contribution in [0.3, 0.4) is 0 Å². The topological polar surface area (TPSA) is 414 Å². The Kier molecular flexibility index (Phi) is 34.8. The number of likely N-dealkylation sites (N-methyl/N-ethyl adjacent to an activating group) is 4. The summed E-state index contributed by atoms with van der Waals surface area (Å²) in [7, 11) is 8.58. The number of hydrogen-bond acceptors (Lipinski definition) is 33. The molecular weight excluding hydrogens is 1870 g/mol. The largest absolute Gasteiger partial charge is 0.477 e. The van der Waals surface area contributed by atoms with Gasteiger partial charge in [0.15, 0.2) is 23.3 Å². The lowest BCUT2D eigenvalue weighted by atomic mass is 10.1. The molecule has 0 spiro atoms. The van der Waals surface area contributed by atoms with Crippen LogP contribution in [0.4, 0.5) is 44.2 Å². The average molecular weight is 2000 g/mol. The fraction of sp³-hybridized carbons (Fsp3) is 0.464. The number of fused-ring (bicyclic) bond motifs is 20. The third-order valence-corrected chi connectivity index (χ3v) is 26.6. The molecule has 0 aliphatic carbocycles. The van der Waals surface area contributed by atoms with Crippen LogP contribution >= 0.6 is 28.1 Å². The first-order valence-corrected chi connectivity index (χ1v) is 49.5. The molecule has 740 valence electrons. The standard InChI is InChI=1S/3C24H30N8O2.C18H17BrN6O2.C6H14N2.CH3FS/c3*1-16-6-5-11-34-24-19(12-18(13-25-24)31-10-9-30(3)17(2)14-31)23(33)28-21-8-4-7-20(27-21)22-29-26-15-32(16)22;1-11-4-3-7-27-18-13(8-12(19)9-20-18)17(26)23-15-6-2-5-14(22-15)16-24-21-10-25(11)16;1-6-5-7-3-4-8(6)2;1-3-2/h3*4,7-8,12-13,15-17H,5-6,9-11,14H2,1-3H3,(H,27,28,33);2,5-6,8-11H,3-4,7H2,1H3,(H,22,23,26);6-7H,3-5H2,1-2H3;1H3/t16-,17?;16-,17+;16-,17-;11-;;/m0000../s1. The van der Waals surface area contributed by atoms with Crippen LogP contribution in [0.25, 0.3) is 46.1 Å². The van der Waals surface area contributed by atoms with Crippen LogP contribution < -0.4 is 60.2 Å². The van der Waals surface area contributed by atoms with E-state index in [0.29, 0.717) is 164 Å². The van der Waals surface area contributed by atoms with Crippen molar-refractivity contribution in [3.05, 3.63) is 174 Å². The predicted octanol–water partition coefficient (Wildman–Crippen LogP) is 13.2. The Balaban J connectivity index is 0.000000136. The monoisotopic (exact) mass is 1990 g/mol. The van der Waals surface area contributed by atoms with Gasteiger partial charge in [-0.3, -0.25) is 19.2 Å². The maximum Gasteiger partial charge on any atom is 0.262 e. The molecule has 5 N–H and O–H groups in total. The second kappa shape index (κ2) is 48.1. The van der Waals surface area contributed by atoms with Crippen LogP contribution in [0.15, 0.2) is 152 Å². The molecule has 2 unspecified atom stereocenters. The fourth-order valence-corrected chi connectivity index (χ4v) is 17.5. The highest BCUT2D eigenvalue weighted by Gasteiger charge is 2.32. The molecule has 4 amide bonds. The van der Waals surface area contributed by atoms with E-state index in [4.69, 9.17) is 18.9 Å². The fourth-order valence-electron chi connectivity index (χ4n) is 17.2. The molecule has 8 aliphatic heterocycles. The van der Waals surface area contributed by atoms with Gasteiger partial charge in [0.05, 0.1) is 62.1 Å². The van der Waals surface area contributed by atoms with Crippen molar-refractivity contribution in [2.45, 2.75) is 155 Å². The van der Waals surface area contributed by atoms with Gasteiger partial charge in [0, 0.05) is 156 Å². The quantitative estimate of drug-likeness (QED) is 0.110. The first-order chi connectivity index (χ1) is 67.8. The Labute approximate surface area is 827 Å². The van der Waals surface area contributed by atoms with Crippen molar-refractivity contribution < 1.29 is 42.0 Å². The van der Waals surface area contributed by atoms with Gasteiger partial charge in [0.2, 0.25) is 23.5 Å². The van der Waals surface area contributed by atoms with E-state index in [1.807, 2.05) is 85.0 Å². The smallest absolute Gasteiger partial charge is 0.262 e. The highest BCUT2D eigenvalue weighted by atomic mass is 79.9. The molecular formula is C97H124BrFN32O8S. The average Bonchev–Trinajstić information content (AvgIpc) is 1.80. The third-order valence-electron chi connectivity index (χ3n) is 26.2. The van der Waals surface area contributed by atoms with Crippen LogP contribution in [0, 0.1) is 0 Å². The normalized spacial score (nSPS) is 21.1. The van der Waals surface area contributed by atoms with Crippen molar-refractivity contribution >= 4 is 92.0 Å². The molecule has 20 heterocycles. The second-order valence-electron chi connectivity index (χ2n) is 36.2. The zero-order chi connectivity index (χ0) is 98.5. The van der Waals surface area contributed by atoms with Crippen LogP contribution in [-0.4, -0.2) is 306 Å². The van der Waals surface area contributed by atoms with E-state index in [-0.39, 0.29) is 59.9 Å². The Hall–Kier alpha value is -13.2. The highest BCUT2D eigenvalue weighted by molar-refractivity contribution is 9.10. The summed E-state index contributed by atoms with van der Waals surface area (Å²) in [5.74, 6) is 4.51. The molecule has 8 aliphatic rings. The summed E-state index contributed by atoms with van der Waals surface area (Å²) >= 11 is 3.60. The number of rotatable bonds is 3. The van der Waals surface area contributed by atoms with Crippen molar-refractivity contribution in [2.75, 3.05) is 175 Å². The summed E-state index contributed by atoms with van der Waals surface area (Å²) in [6, 6.07) is 31.9. The summed E-state index contributed by atoms with van der Waals surface area (Å²) in [6.45, 7) is 30.8. The Bertz CT molecular complexity index is 5740. The predicted molar refractivity (Wildman–Crippen MR) is 540 cm³/mol. The van der Waals surface area contributed by atoms with Gasteiger partial charge in [-0.1, -0.05) is 24.3 Å². The minimum Gasteiger partial charge on any atom is -0.477 e. The number of carbonyl (C=O) groups is 4. The highest BCUT2D eigenvalue weighted by Crippen LogP contribution is 2.35. The van der Waals surface area contributed by atoms with E-state index in [1.165, 1.54) is 12.8 Å². The van der Waals surface area contributed by atoms with E-state index in [0.717, 1.165) is 146 Å². The van der Waals surface area contributed by atoms with Gasteiger partial charge in [-0.15, -0.1) is 40.8 Å². The van der Waals surface area contributed by atoms with Gasteiger partial charge < -0.3 is 98.1 Å². The molecule has 12 aromatic heterocycles. The van der Waals surface area contributed by atoms with Gasteiger partial charge in [-0.25, -0.2) is 39.9 Å². The SMILES string of the molecule is CC1CN(c2cnc3c(c2)C(=O)Nc2cccc(n2)-c2nncn2[C@@H](C)CCCO3)CCN1C.CC1CNCCN1C.CSF.C[C@@H]1CN(c2cnc3c(c2)C(=O)Nc2cccc(n2)-c2nncn2[C@@H](C)CCCO3)CCN1C.C[C@H]1CCCOc2ncc(Br)cc2C(=O)Nc2cccc(n2)-c2nncn21.C[C@H]1CN(c2cnc3c(c2)C(=O)Nc2cccc(n2)-c2nncn2[C@@H](C)CCCO3)CCN1C. The summed E-state index contributed by atoms with van der Waals surface area (Å²) in [6.07, 6.45) is 21.9. The van der Waals surface area contributed by atoms with Crippen molar-refractivity contribution in [3.8, 4) is 69.6 Å². The molecule has 140 heavy (non-hydrogen) atoms. The molecule has 0 aromatic carbocycles. The number of halogens is 2. The first-order valence-electron chi connectivity index (χ1n) is 47.6. The number of nitrogens with zero attached hydrogens (tertiary/aromatic N) is 27. The summed E-state index contributed by atoms with van der Waals surface area (Å²) < 4.78 is 42.7. The van der Waals surface area contributed by atoms with Crippen molar-refractivity contribution in [2.24, 2.45) is 0 Å². The third kappa shape index (κ3) is 25.7. The van der Waals surface area contributed by atoms with E-state index in [2.05, 4.69) is 241 Å². The van der Waals surface area contributed by atoms with E-state index in [1.54, 1.807) is 80.4 Å². The Morgan fingerprint density at radius 1 is 0.364 bits per heavy atom. The molecule has 0 saturated carbocycles. The van der Waals surface area contributed by atoms with E-state index >= 15 is 0 Å². The molecule has 40 nitrogen and oxygen atoms in total. The molecule has 0 radical (unpaired) electrons. The van der Waals surface area contributed by atoms with Gasteiger partial charge in [0.25, 0.3) is 23.6 Å². The molecule has 4 fully saturated rings. The lowest BCUT2D eigenvalue weighted by molar-refractivity contribution is 0.101. The zero-order valence-corrected chi connectivity index (χ0v) is 83.9. The van der Waals surface area contributed by atoms with E-state index in [9.17, 15) is 23.1 Å². The Morgan fingerprint density at radius 2 is 0.636 bits per heavy atom. The van der Waals surface area contributed by atoms with Crippen LogP contribution in [0.5, 0.6) is 23.5 Å². The maximum atomic E-state index is 13.3. The van der Waals surface area contributed by atoms with Gasteiger partial charge in [-0.2, -0.15) is 3.89 Å². The number of ether oxygens (including phenoxy) is 4. The minimum absolute atomic E-state index is 0.172. The molecule has 8 atom stereocenters. The lowest BCUT2D eigenvalue weighted by Crippen LogP contribution is -2.50.